The highest BCUT2D eigenvalue weighted by Crippen LogP contribution is 2.24. The van der Waals surface area contributed by atoms with Gasteiger partial charge in [-0.2, -0.15) is 0 Å². The average Bonchev–Trinajstić information content (AvgIpc) is 3.28. The Labute approximate surface area is 160 Å². The van der Waals surface area contributed by atoms with E-state index < -0.39 is 0 Å². The summed E-state index contributed by atoms with van der Waals surface area (Å²) < 4.78 is 6.01. The number of benzene rings is 1. The maximum Gasteiger partial charge on any atom is 0.229 e. The van der Waals surface area contributed by atoms with Gasteiger partial charge >= 0.3 is 0 Å². The molecule has 0 aromatic heterocycles. The van der Waals surface area contributed by atoms with Gasteiger partial charge in [0, 0.05) is 32.4 Å². The van der Waals surface area contributed by atoms with Crippen molar-refractivity contribution in [2.24, 2.45) is 0 Å². The van der Waals surface area contributed by atoms with Crippen molar-refractivity contribution in [3.8, 4) is 5.75 Å². The lowest BCUT2D eigenvalue weighted by atomic mass is 10.1. The first-order valence-corrected chi connectivity index (χ1v) is 9.97. The molecule has 0 atom stereocenters. The number of carbonyl (C=O) groups excluding carboxylic acids is 3. The molecular formula is C21H28N2O4. The van der Waals surface area contributed by atoms with E-state index in [4.69, 9.17) is 4.74 Å². The SMILES string of the molecule is O=C(CCc1cccc(OC2CCCC2)c1)NCCCN1C(=O)CCC1=O. The Balaban J connectivity index is 1.34. The zero-order valence-electron chi connectivity index (χ0n) is 15.7. The molecule has 1 heterocycles. The lowest BCUT2D eigenvalue weighted by molar-refractivity contribution is -0.138. The van der Waals surface area contributed by atoms with Crippen molar-refractivity contribution in [1.82, 2.24) is 10.2 Å². The summed E-state index contributed by atoms with van der Waals surface area (Å²) in [6, 6.07) is 7.99. The number of aryl methyl sites for hydroxylation is 1. The van der Waals surface area contributed by atoms with Gasteiger partial charge in [0.05, 0.1) is 6.10 Å². The van der Waals surface area contributed by atoms with E-state index in [2.05, 4.69) is 5.32 Å². The standard InChI is InChI=1S/C21H28N2O4/c24-19(22-13-4-14-23-20(25)11-12-21(23)26)10-9-16-5-3-8-18(15-16)27-17-6-1-2-7-17/h3,5,8,15,17H,1-2,4,6-7,9-14H2,(H,22,24). The summed E-state index contributed by atoms with van der Waals surface area (Å²) in [5.74, 6) is 0.660. The van der Waals surface area contributed by atoms with Crippen LogP contribution in [0.2, 0.25) is 0 Å². The minimum atomic E-state index is -0.106. The summed E-state index contributed by atoms with van der Waals surface area (Å²) in [6.45, 7) is 0.860. The second kappa shape index (κ2) is 9.53. The molecule has 1 aliphatic heterocycles. The molecule has 2 aliphatic rings. The van der Waals surface area contributed by atoms with E-state index in [0.717, 1.165) is 24.2 Å². The van der Waals surface area contributed by atoms with Crippen molar-refractivity contribution in [3.63, 3.8) is 0 Å². The molecule has 1 N–H and O–H groups in total. The largest absolute Gasteiger partial charge is 0.490 e. The molecule has 0 spiro atoms. The average molecular weight is 372 g/mol. The zero-order valence-corrected chi connectivity index (χ0v) is 15.7. The summed E-state index contributed by atoms with van der Waals surface area (Å²) >= 11 is 0. The highest BCUT2D eigenvalue weighted by Gasteiger charge is 2.27. The quantitative estimate of drug-likeness (QED) is 0.534. The van der Waals surface area contributed by atoms with Gasteiger partial charge in [-0.15, -0.1) is 0 Å². The number of rotatable bonds is 9. The van der Waals surface area contributed by atoms with E-state index in [1.165, 1.54) is 17.7 Å². The highest BCUT2D eigenvalue weighted by molar-refractivity contribution is 6.01. The van der Waals surface area contributed by atoms with Crippen LogP contribution >= 0.6 is 0 Å². The number of nitrogens with one attached hydrogen (secondary N) is 1. The van der Waals surface area contributed by atoms with Gasteiger partial charge < -0.3 is 10.1 Å². The highest BCUT2D eigenvalue weighted by atomic mass is 16.5. The van der Waals surface area contributed by atoms with Crippen LogP contribution in [0.15, 0.2) is 24.3 Å². The minimum Gasteiger partial charge on any atom is -0.490 e. The van der Waals surface area contributed by atoms with Crippen LogP contribution in [0.1, 0.15) is 56.9 Å². The van der Waals surface area contributed by atoms with Gasteiger partial charge in [-0.05, 0) is 56.2 Å². The second-order valence-corrected chi connectivity index (χ2v) is 7.31. The van der Waals surface area contributed by atoms with Gasteiger partial charge in [0.15, 0.2) is 0 Å². The van der Waals surface area contributed by atoms with Crippen LogP contribution in [-0.2, 0) is 20.8 Å². The fraction of sp³-hybridized carbons (Fsp3) is 0.571. The van der Waals surface area contributed by atoms with Crippen LogP contribution < -0.4 is 10.1 Å². The predicted octanol–water partition coefficient (Wildman–Crippen LogP) is 2.60. The van der Waals surface area contributed by atoms with Gasteiger partial charge in [-0.1, -0.05) is 12.1 Å². The number of ether oxygens (including phenoxy) is 1. The lowest BCUT2D eigenvalue weighted by Gasteiger charge is -2.14. The first-order valence-electron chi connectivity index (χ1n) is 9.97. The Bertz CT molecular complexity index is 667. The number of amides is 3. The topological polar surface area (TPSA) is 75.7 Å². The number of nitrogens with zero attached hydrogens (tertiary/aromatic N) is 1. The van der Waals surface area contributed by atoms with Crippen molar-refractivity contribution in [1.29, 1.82) is 0 Å². The van der Waals surface area contributed by atoms with Crippen molar-refractivity contribution in [2.75, 3.05) is 13.1 Å². The van der Waals surface area contributed by atoms with Gasteiger partial charge in [-0.3, -0.25) is 19.3 Å². The molecule has 146 valence electrons. The molecule has 0 radical (unpaired) electrons. The predicted molar refractivity (Wildman–Crippen MR) is 101 cm³/mol. The third-order valence-electron chi connectivity index (χ3n) is 5.18. The first kappa shape index (κ1) is 19.4. The molecule has 2 fully saturated rings. The summed E-state index contributed by atoms with van der Waals surface area (Å²) in [7, 11) is 0. The van der Waals surface area contributed by atoms with E-state index >= 15 is 0 Å². The lowest BCUT2D eigenvalue weighted by Crippen LogP contribution is -2.33. The van der Waals surface area contributed by atoms with Crippen LogP contribution in [0.5, 0.6) is 5.75 Å². The first-order chi connectivity index (χ1) is 13.1. The van der Waals surface area contributed by atoms with Crippen LogP contribution in [-0.4, -0.2) is 41.8 Å². The molecule has 0 bridgehead atoms. The molecule has 1 aliphatic carbocycles. The van der Waals surface area contributed by atoms with E-state index in [9.17, 15) is 14.4 Å². The smallest absolute Gasteiger partial charge is 0.229 e. The fourth-order valence-electron chi connectivity index (χ4n) is 3.66. The fourth-order valence-corrected chi connectivity index (χ4v) is 3.66. The van der Waals surface area contributed by atoms with Crippen LogP contribution in [0.25, 0.3) is 0 Å². The maximum absolute atomic E-state index is 12.0. The number of hydrogen-bond donors (Lipinski definition) is 1. The third-order valence-corrected chi connectivity index (χ3v) is 5.18. The van der Waals surface area contributed by atoms with Gasteiger partial charge in [0.2, 0.25) is 17.7 Å². The second-order valence-electron chi connectivity index (χ2n) is 7.31. The summed E-state index contributed by atoms with van der Waals surface area (Å²) in [4.78, 5) is 36.3. The number of imide groups is 1. The molecule has 1 aromatic carbocycles. The van der Waals surface area contributed by atoms with Crippen molar-refractivity contribution < 1.29 is 19.1 Å². The van der Waals surface area contributed by atoms with Crippen molar-refractivity contribution >= 4 is 17.7 Å². The molecule has 3 amide bonds. The zero-order chi connectivity index (χ0) is 19.1. The summed E-state index contributed by atoms with van der Waals surface area (Å²) in [5, 5.41) is 2.86. The van der Waals surface area contributed by atoms with Crippen LogP contribution in [0.4, 0.5) is 0 Å². The molecule has 6 heteroatoms. The third kappa shape index (κ3) is 5.81. The normalized spacial score (nSPS) is 17.6. The molecule has 1 saturated carbocycles. The summed E-state index contributed by atoms with van der Waals surface area (Å²) in [6.07, 6.45) is 7.36. The monoisotopic (exact) mass is 372 g/mol. The van der Waals surface area contributed by atoms with E-state index in [-0.39, 0.29) is 17.7 Å². The summed E-state index contributed by atoms with van der Waals surface area (Å²) in [5.41, 5.74) is 1.09. The minimum absolute atomic E-state index is 0.0174. The van der Waals surface area contributed by atoms with E-state index in [0.29, 0.717) is 51.3 Å². The Kier molecular flexibility index (Phi) is 6.85. The molecule has 0 unspecified atom stereocenters. The molecule has 1 saturated heterocycles. The van der Waals surface area contributed by atoms with Gasteiger partial charge in [0.25, 0.3) is 0 Å². The Hall–Kier alpha value is -2.37. The van der Waals surface area contributed by atoms with Crippen LogP contribution in [0, 0.1) is 0 Å². The van der Waals surface area contributed by atoms with Crippen molar-refractivity contribution in [2.45, 2.75) is 63.9 Å². The molecule has 27 heavy (non-hydrogen) atoms. The van der Waals surface area contributed by atoms with Gasteiger partial charge in [0.1, 0.15) is 5.75 Å². The molecular weight excluding hydrogens is 344 g/mol. The Morgan fingerprint density at radius 3 is 2.63 bits per heavy atom. The van der Waals surface area contributed by atoms with Crippen molar-refractivity contribution in [3.05, 3.63) is 29.8 Å². The number of hydrogen-bond acceptors (Lipinski definition) is 4. The molecule has 6 nitrogen and oxygen atoms in total. The van der Waals surface area contributed by atoms with Gasteiger partial charge in [-0.25, -0.2) is 0 Å². The Morgan fingerprint density at radius 1 is 1.15 bits per heavy atom. The molecule has 3 rings (SSSR count). The molecule has 1 aromatic rings. The van der Waals surface area contributed by atoms with E-state index in [1.54, 1.807) is 0 Å². The number of likely N-dealkylation sites (tertiary alicyclic amines) is 1. The van der Waals surface area contributed by atoms with Crippen LogP contribution in [0.3, 0.4) is 0 Å². The van der Waals surface area contributed by atoms with E-state index in [1.807, 2.05) is 24.3 Å². The maximum atomic E-state index is 12.0. The Morgan fingerprint density at radius 2 is 1.89 bits per heavy atom. The number of carbonyl (C=O) groups is 3.